The monoisotopic (exact) mass is 394 g/mol. The van der Waals surface area contributed by atoms with Crippen LogP contribution in [0.15, 0.2) is 59.5 Å². The number of benzene rings is 3. The Morgan fingerprint density at radius 3 is 2.43 bits per heavy atom. The van der Waals surface area contributed by atoms with E-state index in [2.05, 4.69) is 0 Å². The molecule has 0 spiro atoms. The van der Waals surface area contributed by atoms with Crippen molar-refractivity contribution < 1.29 is 13.2 Å². The average molecular weight is 394 g/mol. The Morgan fingerprint density at radius 2 is 1.75 bits per heavy atom. The normalized spacial score (nSPS) is 14.5. The number of anilines is 2. The van der Waals surface area contributed by atoms with E-state index in [1.165, 1.54) is 4.31 Å². The Balaban J connectivity index is 1.73. The van der Waals surface area contributed by atoms with Gasteiger partial charge in [0.15, 0.2) is 0 Å². The SMILES string of the molecule is CCN(C(=O)CN1c2cccc3cccc(c23)S1(=O)=O)c1ccc(C)cc1C. The molecule has 0 fully saturated rings. The number of hydrogen-bond acceptors (Lipinski definition) is 3. The number of aryl methyl sites for hydroxylation is 2. The fourth-order valence-electron chi connectivity index (χ4n) is 3.93. The lowest BCUT2D eigenvalue weighted by Gasteiger charge is -2.26. The Labute approximate surface area is 165 Å². The third-order valence-electron chi connectivity index (χ3n) is 5.22. The number of sulfonamides is 1. The standard InChI is InChI=1S/C22H22N2O3S/c1-4-23(18-12-11-15(2)13-16(18)3)21(25)14-24-19-9-5-7-17-8-6-10-20(22(17)19)28(24,26)27/h5-13H,4,14H2,1-3H3. The molecule has 0 unspecified atom stereocenters. The Hall–Kier alpha value is -2.86. The van der Waals surface area contributed by atoms with Crippen LogP contribution in [0.1, 0.15) is 18.1 Å². The number of carbonyl (C=O) groups is 1. The van der Waals surface area contributed by atoms with E-state index >= 15 is 0 Å². The van der Waals surface area contributed by atoms with Crippen LogP contribution in [0.25, 0.3) is 10.8 Å². The van der Waals surface area contributed by atoms with Crippen molar-refractivity contribution in [3.05, 3.63) is 65.7 Å². The summed E-state index contributed by atoms with van der Waals surface area (Å²) in [6.45, 7) is 6.10. The molecule has 144 valence electrons. The molecule has 0 aliphatic carbocycles. The van der Waals surface area contributed by atoms with E-state index in [-0.39, 0.29) is 17.3 Å². The van der Waals surface area contributed by atoms with Crippen LogP contribution >= 0.6 is 0 Å². The zero-order valence-electron chi connectivity index (χ0n) is 16.1. The van der Waals surface area contributed by atoms with Crippen LogP contribution in [0.5, 0.6) is 0 Å². The summed E-state index contributed by atoms with van der Waals surface area (Å²) in [6, 6.07) is 16.6. The van der Waals surface area contributed by atoms with Crippen LogP contribution in [0.2, 0.25) is 0 Å². The Morgan fingerprint density at radius 1 is 1.04 bits per heavy atom. The molecule has 1 heterocycles. The first-order chi connectivity index (χ1) is 13.3. The molecule has 0 bridgehead atoms. The molecule has 4 rings (SSSR count). The van der Waals surface area contributed by atoms with Crippen molar-refractivity contribution in [1.29, 1.82) is 0 Å². The average Bonchev–Trinajstić information content (AvgIpc) is 2.87. The highest BCUT2D eigenvalue weighted by molar-refractivity contribution is 7.93. The first-order valence-corrected chi connectivity index (χ1v) is 10.7. The van der Waals surface area contributed by atoms with Crippen LogP contribution in [-0.4, -0.2) is 27.4 Å². The third kappa shape index (κ3) is 2.76. The molecule has 6 heteroatoms. The van der Waals surface area contributed by atoms with Gasteiger partial charge in [0.25, 0.3) is 10.0 Å². The molecule has 0 saturated carbocycles. The lowest BCUT2D eigenvalue weighted by atomic mass is 10.1. The van der Waals surface area contributed by atoms with Crippen molar-refractivity contribution >= 4 is 38.1 Å². The van der Waals surface area contributed by atoms with E-state index < -0.39 is 10.0 Å². The van der Waals surface area contributed by atoms with Crippen molar-refractivity contribution in [2.24, 2.45) is 0 Å². The summed E-state index contributed by atoms with van der Waals surface area (Å²) in [7, 11) is -3.75. The minimum atomic E-state index is -3.75. The number of nitrogens with zero attached hydrogens (tertiary/aromatic N) is 2. The number of amides is 1. The maximum absolute atomic E-state index is 13.1. The summed E-state index contributed by atoms with van der Waals surface area (Å²) in [4.78, 5) is 15.1. The lowest BCUT2D eigenvalue weighted by molar-refractivity contribution is -0.117. The van der Waals surface area contributed by atoms with Crippen molar-refractivity contribution in [2.45, 2.75) is 25.7 Å². The lowest BCUT2D eigenvalue weighted by Crippen LogP contribution is -2.42. The highest BCUT2D eigenvalue weighted by Crippen LogP contribution is 2.41. The zero-order chi connectivity index (χ0) is 20.1. The number of likely N-dealkylation sites (N-methyl/N-ethyl adjacent to an activating group) is 1. The maximum atomic E-state index is 13.1. The predicted octanol–water partition coefficient (Wildman–Crippen LogP) is 4.02. The fourth-order valence-corrected chi connectivity index (χ4v) is 5.59. The minimum absolute atomic E-state index is 0.225. The van der Waals surface area contributed by atoms with E-state index in [1.54, 1.807) is 23.1 Å². The van der Waals surface area contributed by atoms with Gasteiger partial charge in [-0.25, -0.2) is 8.42 Å². The van der Waals surface area contributed by atoms with Crippen LogP contribution in [0.4, 0.5) is 11.4 Å². The molecule has 1 aliphatic rings. The quantitative estimate of drug-likeness (QED) is 0.672. The van der Waals surface area contributed by atoms with Crippen molar-refractivity contribution in [1.82, 2.24) is 0 Å². The van der Waals surface area contributed by atoms with Gasteiger partial charge in [-0.05, 0) is 49.9 Å². The van der Waals surface area contributed by atoms with Gasteiger partial charge in [-0.3, -0.25) is 9.10 Å². The van der Waals surface area contributed by atoms with Gasteiger partial charge in [-0.15, -0.1) is 0 Å². The Kier molecular flexibility index (Phi) is 4.38. The van der Waals surface area contributed by atoms with Crippen molar-refractivity contribution in [3.63, 3.8) is 0 Å². The number of carbonyl (C=O) groups excluding carboxylic acids is 1. The third-order valence-corrected chi connectivity index (χ3v) is 7.02. The summed E-state index contributed by atoms with van der Waals surface area (Å²) in [6.07, 6.45) is 0. The van der Waals surface area contributed by atoms with Gasteiger partial charge in [-0.2, -0.15) is 0 Å². The maximum Gasteiger partial charge on any atom is 0.265 e. The van der Waals surface area contributed by atoms with Gasteiger partial charge in [0.1, 0.15) is 6.54 Å². The van der Waals surface area contributed by atoms with Crippen LogP contribution in [0, 0.1) is 13.8 Å². The second kappa shape index (κ2) is 6.63. The van der Waals surface area contributed by atoms with Crippen LogP contribution in [0.3, 0.4) is 0 Å². The molecule has 0 radical (unpaired) electrons. The smallest absolute Gasteiger partial charge is 0.265 e. The highest BCUT2D eigenvalue weighted by Gasteiger charge is 2.37. The number of rotatable bonds is 4. The first kappa shape index (κ1) is 18.5. The van der Waals surface area contributed by atoms with Crippen molar-refractivity contribution in [3.8, 4) is 0 Å². The topological polar surface area (TPSA) is 57.7 Å². The van der Waals surface area contributed by atoms with Crippen LogP contribution < -0.4 is 9.21 Å². The first-order valence-electron chi connectivity index (χ1n) is 9.26. The second-order valence-electron chi connectivity index (χ2n) is 7.07. The zero-order valence-corrected chi connectivity index (χ0v) is 17.0. The van der Waals surface area contributed by atoms with Gasteiger partial charge in [0.05, 0.1) is 10.6 Å². The van der Waals surface area contributed by atoms with Crippen LogP contribution in [-0.2, 0) is 14.8 Å². The molecule has 5 nitrogen and oxygen atoms in total. The summed E-state index contributed by atoms with van der Waals surface area (Å²) in [5.74, 6) is -0.247. The summed E-state index contributed by atoms with van der Waals surface area (Å²) < 4.78 is 27.5. The van der Waals surface area contributed by atoms with Gasteiger partial charge in [-0.1, -0.05) is 42.0 Å². The molecule has 0 saturated heterocycles. The van der Waals surface area contributed by atoms with E-state index in [1.807, 2.05) is 57.2 Å². The largest absolute Gasteiger partial charge is 0.311 e. The minimum Gasteiger partial charge on any atom is -0.311 e. The van der Waals surface area contributed by atoms with Gasteiger partial charge in [0.2, 0.25) is 5.91 Å². The molecule has 0 N–H and O–H groups in total. The second-order valence-corrected chi connectivity index (χ2v) is 8.90. The predicted molar refractivity (Wildman–Crippen MR) is 112 cm³/mol. The number of hydrogen-bond donors (Lipinski definition) is 0. The molecule has 0 aromatic heterocycles. The van der Waals surface area contributed by atoms with Gasteiger partial charge in [0, 0.05) is 17.6 Å². The fraction of sp³-hybridized carbons (Fsp3) is 0.227. The molecular formula is C22H22N2O3S. The van der Waals surface area contributed by atoms with E-state index in [9.17, 15) is 13.2 Å². The molecular weight excluding hydrogens is 372 g/mol. The molecule has 1 aliphatic heterocycles. The van der Waals surface area contributed by atoms with Crippen molar-refractivity contribution in [2.75, 3.05) is 22.3 Å². The summed E-state index contributed by atoms with van der Waals surface area (Å²) in [5.41, 5.74) is 3.49. The summed E-state index contributed by atoms with van der Waals surface area (Å²) >= 11 is 0. The molecule has 28 heavy (non-hydrogen) atoms. The van der Waals surface area contributed by atoms with E-state index in [0.29, 0.717) is 17.6 Å². The molecule has 0 atom stereocenters. The van der Waals surface area contributed by atoms with E-state index in [4.69, 9.17) is 0 Å². The molecule has 1 amide bonds. The van der Waals surface area contributed by atoms with Gasteiger partial charge >= 0.3 is 0 Å². The molecule has 3 aromatic carbocycles. The summed E-state index contributed by atoms with van der Waals surface area (Å²) in [5, 5.41) is 1.54. The highest BCUT2D eigenvalue weighted by atomic mass is 32.2. The molecule has 3 aromatic rings. The Bertz CT molecular complexity index is 1200. The van der Waals surface area contributed by atoms with E-state index in [0.717, 1.165) is 22.2 Å². The van der Waals surface area contributed by atoms with Gasteiger partial charge < -0.3 is 4.90 Å².